The molecular formula is C12H17NO2S. The second kappa shape index (κ2) is 4.97. The number of thioether (sulfide) groups is 1. The molecule has 1 heterocycles. The molecule has 1 aromatic carbocycles. The fourth-order valence-corrected chi connectivity index (χ4v) is 3.28. The number of nitrogens with one attached hydrogen (secondary N) is 1. The number of methoxy groups -OCH3 is 1. The van der Waals surface area contributed by atoms with E-state index in [9.17, 15) is 5.11 Å². The van der Waals surface area contributed by atoms with Crippen molar-refractivity contribution in [3.8, 4) is 5.75 Å². The molecule has 1 unspecified atom stereocenters. The molecule has 88 valence electrons. The van der Waals surface area contributed by atoms with Crippen molar-refractivity contribution < 1.29 is 9.84 Å². The number of anilines is 1. The van der Waals surface area contributed by atoms with Gasteiger partial charge in [-0.05, 0) is 24.3 Å². The molecule has 0 amide bonds. The normalized spacial score (nSPS) is 24.4. The van der Waals surface area contributed by atoms with Gasteiger partial charge in [-0.25, -0.2) is 0 Å². The van der Waals surface area contributed by atoms with Crippen LogP contribution in [-0.2, 0) is 0 Å². The standard InChI is InChI=1S/C12H17NO2S/c1-15-11-5-3-2-4-10(11)13-12(8-14)6-7-16-9-12/h2-5,13-14H,6-9H2,1H3. The highest BCUT2D eigenvalue weighted by Gasteiger charge is 2.34. The zero-order valence-corrected chi connectivity index (χ0v) is 10.2. The molecule has 2 N–H and O–H groups in total. The summed E-state index contributed by atoms with van der Waals surface area (Å²) in [6.45, 7) is 0.165. The zero-order valence-electron chi connectivity index (χ0n) is 9.40. The maximum Gasteiger partial charge on any atom is 0.141 e. The third kappa shape index (κ3) is 2.28. The second-order valence-electron chi connectivity index (χ2n) is 4.07. The fourth-order valence-electron chi connectivity index (χ4n) is 1.90. The Bertz CT molecular complexity index is 351. The molecule has 1 aliphatic heterocycles. The molecule has 0 radical (unpaired) electrons. The molecule has 1 aromatic rings. The predicted molar refractivity (Wildman–Crippen MR) is 68.4 cm³/mol. The van der Waals surface area contributed by atoms with E-state index in [4.69, 9.17) is 4.74 Å². The SMILES string of the molecule is COc1ccccc1NC1(CO)CCSC1. The van der Waals surface area contributed by atoms with Gasteiger partial charge in [-0.3, -0.25) is 0 Å². The molecular weight excluding hydrogens is 222 g/mol. The lowest BCUT2D eigenvalue weighted by atomic mass is 9.99. The van der Waals surface area contributed by atoms with E-state index in [2.05, 4.69) is 5.32 Å². The quantitative estimate of drug-likeness (QED) is 0.843. The van der Waals surface area contributed by atoms with E-state index in [1.54, 1.807) is 7.11 Å². The summed E-state index contributed by atoms with van der Waals surface area (Å²) < 4.78 is 5.29. The Hall–Kier alpha value is -0.870. The molecule has 1 saturated heterocycles. The van der Waals surface area contributed by atoms with Gasteiger partial charge < -0.3 is 15.2 Å². The Kier molecular flexibility index (Phi) is 3.61. The van der Waals surface area contributed by atoms with E-state index in [0.29, 0.717) is 0 Å². The van der Waals surface area contributed by atoms with Crippen LogP contribution in [0, 0.1) is 0 Å². The van der Waals surface area contributed by atoms with Gasteiger partial charge in [0.15, 0.2) is 0 Å². The lowest BCUT2D eigenvalue weighted by Crippen LogP contribution is -2.42. The van der Waals surface area contributed by atoms with Crippen molar-refractivity contribution in [2.75, 3.05) is 30.5 Å². The van der Waals surface area contributed by atoms with Crippen molar-refractivity contribution in [2.45, 2.75) is 12.0 Å². The minimum Gasteiger partial charge on any atom is -0.495 e. The van der Waals surface area contributed by atoms with Crippen LogP contribution in [0.5, 0.6) is 5.75 Å². The Balaban J connectivity index is 2.18. The van der Waals surface area contributed by atoms with E-state index in [-0.39, 0.29) is 12.1 Å². The Morgan fingerprint density at radius 3 is 2.94 bits per heavy atom. The molecule has 3 nitrogen and oxygen atoms in total. The van der Waals surface area contributed by atoms with Crippen LogP contribution in [0.15, 0.2) is 24.3 Å². The first-order valence-corrected chi connectivity index (χ1v) is 6.55. The summed E-state index contributed by atoms with van der Waals surface area (Å²) in [7, 11) is 1.66. The van der Waals surface area contributed by atoms with Crippen LogP contribution in [0.2, 0.25) is 0 Å². The first kappa shape index (κ1) is 11.6. The van der Waals surface area contributed by atoms with Crippen LogP contribution < -0.4 is 10.1 Å². The molecule has 0 spiro atoms. The first-order chi connectivity index (χ1) is 7.79. The molecule has 0 bridgehead atoms. The number of rotatable bonds is 4. The van der Waals surface area contributed by atoms with E-state index in [1.165, 1.54) is 0 Å². The summed E-state index contributed by atoms with van der Waals surface area (Å²) in [4.78, 5) is 0. The molecule has 1 fully saturated rings. The third-order valence-electron chi connectivity index (χ3n) is 2.91. The van der Waals surface area contributed by atoms with Crippen LogP contribution in [0.25, 0.3) is 0 Å². The minimum atomic E-state index is -0.181. The van der Waals surface area contributed by atoms with Crippen LogP contribution in [0.4, 0.5) is 5.69 Å². The van der Waals surface area contributed by atoms with Crippen molar-refractivity contribution in [1.82, 2.24) is 0 Å². The number of hydrogen-bond donors (Lipinski definition) is 2. The van der Waals surface area contributed by atoms with Gasteiger partial charge in [0.1, 0.15) is 5.75 Å². The number of ether oxygens (including phenoxy) is 1. The molecule has 2 rings (SSSR count). The number of aliphatic hydroxyl groups is 1. The van der Waals surface area contributed by atoms with E-state index < -0.39 is 0 Å². The summed E-state index contributed by atoms with van der Waals surface area (Å²) >= 11 is 1.87. The fraction of sp³-hybridized carbons (Fsp3) is 0.500. The zero-order chi connectivity index (χ0) is 11.4. The minimum absolute atomic E-state index is 0.165. The van der Waals surface area contributed by atoms with Crippen LogP contribution in [0.1, 0.15) is 6.42 Å². The average molecular weight is 239 g/mol. The Morgan fingerprint density at radius 2 is 2.31 bits per heavy atom. The van der Waals surface area contributed by atoms with Gasteiger partial charge in [0.05, 0.1) is 24.9 Å². The molecule has 0 saturated carbocycles. The van der Waals surface area contributed by atoms with Gasteiger partial charge in [-0.2, -0.15) is 11.8 Å². The van der Waals surface area contributed by atoms with Crippen LogP contribution in [0.3, 0.4) is 0 Å². The second-order valence-corrected chi connectivity index (χ2v) is 5.17. The maximum atomic E-state index is 9.52. The lowest BCUT2D eigenvalue weighted by Gasteiger charge is -2.29. The Morgan fingerprint density at radius 1 is 1.50 bits per heavy atom. The highest BCUT2D eigenvalue weighted by molar-refractivity contribution is 7.99. The number of hydrogen-bond acceptors (Lipinski definition) is 4. The Labute approximate surface area is 100 Å². The van der Waals surface area contributed by atoms with Crippen molar-refractivity contribution in [1.29, 1.82) is 0 Å². The molecule has 1 aliphatic rings. The number of para-hydroxylation sites is 2. The molecule has 4 heteroatoms. The van der Waals surface area contributed by atoms with Crippen molar-refractivity contribution in [2.24, 2.45) is 0 Å². The smallest absolute Gasteiger partial charge is 0.141 e. The summed E-state index contributed by atoms with van der Waals surface area (Å²) in [5, 5.41) is 13.0. The summed E-state index contributed by atoms with van der Waals surface area (Å²) in [6.07, 6.45) is 0.992. The van der Waals surface area contributed by atoms with E-state index in [0.717, 1.165) is 29.4 Å². The highest BCUT2D eigenvalue weighted by atomic mass is 32.2. The molecule has 0 aliphatic carbocycles. The highest BCUT2D eigenvalue weighted by Crippen LogP contribution is 2.34. The summed E-state index contributed by atoms with van der Waals surface area (Å²) in [5.74, 6) is 2.87. The predicted octanol–water partition coefficient (Wildman–Crippen LogP) is 1.98. The van der Waals surface area contributed by atoms with Gasteiger partial charge in [-0.1, -0.05) is 12.1 Å². The van der Waals surface area contributed by atoms with Crippen molar-refractivity contribution in [3.05, 3.63) is 24.3 Å². The van der Waals surface area contributed by atoms with Crippen molar-refractivity contribution >= 4 is 17.4 Å². The summed E-state index contributed by atoms with van der Waals surface area (Å²) in [5.41, 5.74) is 0.779. The lowest BCUT2D eigenvalue weighted by molar-refractivity contribution is 0.226. The largest absolute Gasteiger partial charge is 0.495 e. The van der Waals surface area contributed by atoms with E-state index >= 15 is 0 Å². The van der Waals surface area contributed by atoms with Crippen molar-refractivity contribution in [3.63, 3.8) is 0 Å². The number of benzene rings is 1. The summed E-state index contributed by atoms with van der Waals surface area (Å²) in [6, 6.07) is 7.83. The topological polar surface area (TPSA) is 41.5 Å². The maximum absolute atomic E-state index is 9.52. The number of aliphatic hydroxyl groups excluding tert-OH is 1. The molecule has 0 aromatic heterocycles. The monoisotopic (exact) mass is 239 g/mol. The van der Waals surface area contributed by atoms with Crippen LogP contribution in [-0.4, -0.2) is 35.9 Å². The third-order valence-corrected chi connectivity index (χ3v) is 4.16. The van der Waals surface area contributed by atoms with Gasteiger partial charge in [0.2, 0.25) is 0 Å². The van der Waals surface area contributed by atoms with Gasteiger partial charge >= 0.3 is 0 Å². The first-order valence-electron chi connectivity index (χ1n) is 5.39. The van der Waals surface area contributed by atoms with Gasteiger partial charge in [0, 0.05) is 5.75 Å². The van der Waals surface area contributed by atoms with E-state index in [1.807, 2.05) is 36.0 Å². The molecule has 16 heavy (non-hydrogen) atoms. The van der Waals surface area contributed by atoms with Crippen LogP contribution >= 0.6 is 11.8 Å². The van der Waals surface area contributed by atoms with Gasteiger partial charge in [0.25, 0.3) is 0 Å². The van der Waals surface area contributed by atoms with Gasteiger partial charge in [-0.15, -0.1) is 0 Å². The average Bonchev–Trinajstić information content (AvgIpc) is 2.79. The molecule has 1 atom stereocenters.